The molecule has 1 amide bonds. The van der Waals surface area contributed by atoms with Gasteiger partial charge in [0, 0.05) is 29.7 Å². The zero-order valence-electron chi connectivity index (χ0n) is 13.2. The van der Waals surface area contributed by atoms with Crippen LogP contribution in [0.5, 0.6) is 0 Å². The molecule has 0 heterocycles. The van der Waals surface area contributed by atoms with Crippen molar-refractivity contribution in [1.82, 2.24) is 0 Å². The predicted octanol–water partition coefficient (Wildman–Crippen LogP) is 3.41. The average Bonchev–Trinajstić information content (AvgIpc) is 2.48. The highest BCUT2D eigenvalue weighted by Crippen LogP contribution is 2.23. The van der Waals surface area contributed by atoms with E-state index in [1.807, 2.05) is 0 Å². The molecule has 9 heteroatoms. The number of halogens is 3. The number of hydrogen-bond acceptors (Lipinski definition) is 3. The van der Waals surface area contributed by atoms with E-state index in [2.05, 4.69) is 5.32 Å². The van der Waals surface area contributed by atoms with E-state index in [0.717, 1.165) is 22.7 Å². The van der Waals surface area contributed by atoms with Crippen molar-refractivity contribution in [3.05, 3.63) is 59.1 Å². The van der Waals surface area contributed by atoms with E-state index in [-0.39, 0.29) is 18.7 Å². The molecule has 0 aliphatic rings. The molecule has 0 saturated heterocycles. The summed E-state index contributed by atoms with van der Waals surface area (Å²) < 4.78 is 51.4. The zero-order chi connectivity index (χ0) is 18.6. The SMILES string of the molecule is CS(=O)(=O)N(CCC(=O)Nc1cccc(Cl)c1)c1ccc(F)cc1F. The number of rotatable bonds is 6. The maximum absolute atomic E-state index is 13.9. The van der Waals surface area contributed by atoms with Crippen LogP contribution < -0.4 is 9.62 Å². The highest BCUT2D eigenvalue weighted by molar-refractivity contribution is 7.92. The van der Waals surface area contributed by atoms with Gasteiger partial charge >= 0.3 is 0 Å². The maximum atomic E-state index is 13.9. The van der Waals surface area contributed by atoms with Crippen molar-refractivity contribution in [3.63, 3.8) is 0 Å². The van der Waals surface area contributed by atoms with Crippen LogP contribution in [0.2, 0.25) is 5.02 Å². The van der Waals surface area contributed by atoms with E-state index in [1.165, 1.54) is 6.07 Å². The highest BCUT2D eigenvalue weighted by Gasteiger charge is 2.22. The van der Waals surface area contributed by atoms with Crippen LogP contribution in [0, 0.1) is 11.6 Å². The lowest BCUT2D eigenvalue weighted by molar-refractivity contribution is -0.116. The molecule has 0 saturated carbocycles. The Kier molecular flexibility index (Phi) is 5.97. The first-order chi connectivity index (χ1) is 11.7. The molecular weight excluding hydrogens is 374 g/mol. The molecule has 25 heavy (non-hydrogen) atoms. The third kappa shape index (κ3) is 5.40. The van der Waals surface area contributed by atoms with E-state index < -0.39 is 27.6 Å². The van der Waals surface area contributed by atoms with Gasteiger partial charge in [0.05, 0.1) is 11.9 Å². The molecular formula is C16H15ClF2N2O3S. The summed E-state index contributed by atoms with van der Waals surface area (Å²) in [6, 6.07) is 8.99. The van der Waals surface area contributed by atoms with Crippen LogP contribution in [0.1, 0.15) is 6.42 Å². The number of benzene rings is 2. The highest BCUT2D eigenvalue weighted by atomic mass is 35.5. The molecule has 134 valence electrons. The maximum Gasteiger partial charge on any atom is 0.232 e. The van der Waals surface area contributed by atoms with Crippen molar-refractivity contribution >= 4 is 38.9 Å². The van der Waals surface area contributed by atoms with E-state index in [9.17, 15) is 22.0 Å². The molecule has 2 aromatic carbocycles. The Hall–Kier alpha value is -2.19. The molecule has 0 spiro atoms. The third-order valence-corrected chi connectivity index (χ3v) is 4.64. The molecule has 0 bridgehead atoms. The van der Waals surface area contributed by atoms with Gasteiger partial charge < -0.3 is 5.32 Å². The van der Waals surface area contributed by atoms with Gasteiger partial charge in [0.15, 0.2) is 0 Å². The van der Waals surface area contributed by atoms with Crippen LogP contribution >= 0.6 is 11.6 Å². The number of hydrogen-bond donors (Lipinski definition) is 1. The smallest absolute Gasteiger partial charge is 0.232 e. The molecule has 5 nitrogen and oxygen atoms in total. The molecule has 0 aliphatic heterocycles. The van der Waals surface area contributed by atoms with Crippen LogP contribution in [0.15, 0.2) is 42.5 Å². The summed E-state index contributed by atoms with van der Waals surface area (Å²) in [6.07, 6.45) is 0.654. The average molecular weight is 389 g/mol. The first-order valence-electron chi connectivity index (χ1n) is 7.15. The molecule has 0 atom stereocenters. The Balaban J connectivity index is 2.12. The number of nitrogens with one attached hydrogen (secondary N) is 1. The molecule has 0 radical (unpaired) electrons. The Morgan fingerprint density at radius 1 is 1.20 bits per heavy atom. The summed E-state index contributed by atoms with van der Waals surface area (Å²) in [5.41, 5.74) is 0.135. The standard InChI is InChI=1S/C16H15ClF2N2O3S/c1-25(23,24)21(15-6-5-12(18)10-14(15)19)8-7-16(22)20-13-4-2-3-11(17)9-13/h2-6,9-10H,7-8H2,1H3,(H,20,22). The van der Waals surface area contributed by atoms with Crippen LogP contribution in [0.25, 0.3) is 0 Å². The van der Waals surface area contributed by atoms with Crippen molar-refractivity contribution in [2.45, 2.75) is 6.42 Å². The van der Waals surface area contributed by atoms with Crippen LogP contribution in [-0.2, 0) is 14.8 Å². The van der Waals surface area contributed by atoms with Gasteiger partial charge in [-0.1, -0.05) is 17.7 Å². The van der Waals surface area contributed by atoms with Crippen molar-refractivity contribution in [3.8, 4) is 0 Å². The summed E-state index contributed by atoms with van der Waals surface area (Å²) in [5.74, 6) is -2.33. The van der Waals surface area contributed by atoms with E-state index >= 15 is 0 Å². The fourth-order valence-electron chi connectivity index (χ4n) is 2.14. The summed E-state index contributed by atoms with van der Waals surface area (Å²) >= 11 is 5.81. The molecule has 2 rings (SSSR count). The second-order valence-electron chi connectivity index (χ2n) is 5.24. The Bertz CT molecular complexity index is 891. The monoisotopic (exact) mass is 388 g/mol. The minimum Gasteiger partial charge on any atom is -0.326 e. The summed E-state index contributed by atoms with van der Waals surface area (Å²) in [7, 11) is -3.86. The Morgan fingerprint density at radius 3 is 2.52 bits per heavy atom. The first kappa shape index (κ1) is 19.1. The van der Waals surface area contributed by atoms with E-state index in [0.29, 0.717) is 16.8 Å². The molecule has 0 unspecified atom stereocenters. The van der Waals surface area contributed by atoms with Gasteiger partial charge in [-0.25, -0.2) is 17.2 Å². The molecule has 2 aromatic rings. The lowest BCUT2D eigenvalue weighted by Gasteiger charge is -2.22. The van der Waals surface area contributed by atoms with Crippen molar-refractivity contribution in [1.29, 1.82) is 0 Å². The fourth-order valence-corrected chi connectivity index (χ4v) is 3.26. The van der Waals surface area contributed by atoms with Gasteiger partial charge in [-0.15, -0.1) is 0 Å². The molecule has 0 fully saturated rings. The first-order valence-corrected chi connectivity index (χ1v) is 9.37. The topological polar surface area (TPSA) is 66.5 Å². The van der Waals surface area contributed by atoms with Gasteiger partial charge in [-0.2, -0.15) is 0 Å². The quantitative estimate of drug-likeness (QED) is 0.824. The van der Waals surface area contributed by atoms with Crippen LogP contribution in [0.3, 0.4) is 0 Å². The normalized spacial score (nSPS) is 11.2. The summed E-state index contributed by atoms with van der Waals surface area (Å²) in [5, 5.41) is 3.00. The molecule has 0 aliphatic carbocycles. The largest absolute Gasteiger partial charge is 0.326 e. The lowest BCUT2D eigenvalue weighted by Crippen LogP contribution is -2.33. The summed E-state index contributed by atoms with van der Waals surface area (Å²) in [4.78, 5) is 12.0. The van der Waals surface area contributed by atoms with Gasteiger partial charge in [-0.3, -0.25) is 9.10 Å². The number of sulfonamides is 1. The van der Waals surface area contributed by atoms with Gasteiger partial charge in [-0.05, 0) is 30.3 Å². The van der Waals surface area contributed by atoms with Crippen molar-refractivity contribution in [2.24, 2.45) is 0 Å². The van der Waals surface area contributed by atoms with Crippen molar-refractivity contribution in [2.75, 3.05) is 22.4 Å². The van der Waals surface area contributed by atoms with E-state index in [4.69, 9.17) is 11.6 Å². The Labute approximate surface area is 149 Å². The van der Waals surface area contributed by atoms with Crippen LogP contribution in [0.4, 0.5) is 20.2 Å². The lowest BCUT2D eigenvalue weighted by atomic mass is 10.2. The number of carbonyl (C=O) groups excluding carboxylic acids is 1. The minimum absolute atomic E-state index is 0.226. The Morgan fingerprint density at radius 2 is 1.92 bits per heavy atom. The van der Waals surface area contributed by atoms with Gasteiger partial charge in [0.2, 0.25) is 15.9 Å². The number of amides is 1. The second-order valence-corrected chi connectivity index (χ2v) is 7.58. The molecule has 1 N–H and O–H groups in total. The predicted molar refractivity (Wildman–Crippen MR) is 93.2 cm³/mol. The number of carbonyl (C=O) groups is 1. The second kappa shape index (κ2) is 7.79. The van der Waals surface area contributed by atoms with Crippen molar-refractivity contribution < 1.29 is 22.0 Å². The van der Waals surface area contributed by atoms with Gasteiger partial charge in [0.1, 0.15) is 11.6 Å². The van der Waals surface area contributed by atoms with E-state index in [1.54, 1.807) is 18.2 Å². The fraction of sp³-hybridized carbons (Fsp3) is 0.188. The minimum atomic E-state index is -3.86. The molecule has 0 aromatic heterocycles. The zero-order valence-corrected chi connectivity index (χ0v) is 14.7. The number of nitrogens with zero attached hydrogens (tertiary/aromatic N) is 1. The number of anilines is 2. The van der Waals surface area contributed by atoms with Gasteiger partial charge in [0.25, 0.3) is 0 Å². The summed E-state index contributed by atoms with van der Waals surface area (Å²) in [6.45, 7) is -0.298. The third-order valence-electron chi connectivity index (χ3n) is 3.23. The van der Waals surface area contributed by atoms with Crippen LogP contribution in [-0.4, -0.2) is 27.1 Å².